The Morgan fingerprint density at radius 3 is 2.69 bits per heavy atom. The molecule has 1 aromatic carbocycles. The monoisotopic (exact) mass is 392 g/mol. The SMILES string of the molecule is Cc1cccc(C2CCN(C(=O)c3n[nH]c4c3CN(CC3CC3)CC4)CC2)c1C. The van der Waals surface area contributed by atoms with Gasteiger partial charge in [0.15, 0.2) is 5.69 Å². The lowest BCUT2D eigenvalue weighted by Crippen LogP contribution is -2.39. The van der Waals surface area contributed by atoms with Gasteiger partial charge >= 0.3 is 0 Å². The Morgan fingerprint density at radius 1 is 1.14 bits per heavy atom. The van der Waals surface area contributed by atoms with Crippen molar-refractivity contribution in [2.24, 2.45) is 5.92 Å². The Labute approximate surface area is 173 Å². The van der Waals surface area contributed by atoms with E-state index in [0.29, 0.717) is 11.6 Å². The van der Waals surface area contributed by atoms with Crippen LogP contribution in [0.5, 0.6) is 0 Å². The zero-order valence-electron chi connectivity index (χ0n) is 17.7. The molecule has 2 fully saturated rings. The van der Waals surface area contributed by atoms with Gasteiger partial charge in [0, 0.05) is 50.4 Å². The van der Waals surface area contributed by atoms with Crippen LogP contribution in [0.25, 0.3) is 0 Å². The van der Waals surface area contributed by atoms with Crippen LogP contribution < -0.4 is 0 Å². The van der Waals surface area contributed by atoms with E-state index in [0.717, 1.165) is 56.9 Å². The molecular weight excluding hydrogens is 360 g/mol. The number of piperidine rings is 1. The number of hydrogen-bond acceptors (Lipinski definition) is 3. The number of hydrogen-bond donors (Lipinski definition) is 1. The highest BCUT2D eigenvalue weighted by molar-refractivity contribution is 5.94. The predicted octanol–water partition coefficient (Wildman–Crippen LogP) is 3.81. The Balaban J connectivity index is 1.26. The molecule has 5 heteroatoms. The summed E-state index contributed by atoms with van der Waals surface area (Å²) < 4.78 is 0. The lowest BCUT2D eigenvalue weighted by Gasteiger charge is -2.33. The maximum Gasteiger partial charge on any atom is 0.274 e. The Morgan fingerprint density at radius 2 is 1.93 bits per heavy atom. The zero-order valence-corrected chi connectivity index (χ0v) is 17.7. The van der Waals surface area contributed by atoms with Crippen molar-refractivity contribution in [3.63, 3.8) is 0 Å². The van der Waals surface area contributed by atoms with Crippen molar-refractivity contribution >= 4 is 5.91 Å². The summed E-state index contributed by atoms with van der Waals surface area (Å²) in [6.45, 7) is 9.20. The van der Waals surface area contributed by atoms with Crippen LogP contribution >= 0.6 is 0 Å². The molecule has 29 heavy (non-hydrogen) atoms. The third kappa shape index (κ3) is 3.73. The van der Waals surface area contributed by atoms with Crippen molar-refractivity contribution in [1.29, 1.82) is 0 Å². The largest absolute Gasteiger partial charge is 0.337 e. The molecule has 1 aromatic heterocycles. The number of amides is 1. The first-order valence-electron chi connectivity index (χ1n) is 11.2. The third-order valence-corrected chi connectivity index (χ3v) is 7.30. The van der Waals surface area contributed by atoms with Crippen molar-refractivity contribution in [3.8, 4) is 0 Å². The maximum atomic E-state index is 13.3. The highest BCUT2D eigenvalue weighted by Gasteiger charge is 2.32. The second kappa shape index (κ2) is 7.60. The highest BCUT2D eigenvalue weighted by atomic mass is 16.2. The van der Waals surface area contributed by atoms with Crippen LogP contribution in [0.3, 0.4) is 0 Å². The van der Waals surface area contributed by atoms with Crippen molar-refractivity contribution in [2.45, 2.75) is 58.4 Å². The van der Waals surface area contributed by atoms with E-state index < -0.39 is 0 Å². The van der Waals surface area contributed by atoms with Gasteiger partial charge in [0.2, 0.25) is 0 Å². The molecule has 1 saturated heterocycles. The minimum absolute atomic E-state index is 0.121. The second-order valence-corrected chi connectivity index (χ2v) is 9.31. The number of rotatable bonds is 4. The van der Waals surface area contributed by atoms with Gasteiger partial charge in [-0.25, -0.2) is 0 Å². The number of aryl methyl sites for hydroxylation is 1. The van der Waals surface area contributed by atoms with Crippen LogP contribution in [-0.2, 0) is 13.0 Å². The van der Waals surface area contributed by atoms with Crippen LogP contribution in [0, 0.1) is 19.8 Å². The summed E-state index contributed by atoms with van der Waals surface area (Å²) in [6, 6.07) is 6.62. The summed E-state index contributed by atoms with van der Waals surface area (Å²) in [7, 11) is 0. The highest BCUT2D eigenvalue weighted by Crippen LogP contribution is 2.33. The molecule has 1 aliphatic carbocycles. The van der Waals surface area contributed by atoms with Crippen LogP contribution in [0.15, 0.2) is 18.2 Å². The summed E-state index contributed by atoms with van der Waals surface area (Å²) in [5.41, 5.74) is 7.23. The average molecular weight is 393 g/mol. The summed E-state index contributed by atoms with van der Waals surface area (Å²) in [6.07, 6.45) is 5.80. The van der Waals surface area contributed by atoms with Crippen molar-refractivity contribution in [1.82, 2.24) is 20.0 Å². The van der Waals surface area contributed by atoms with Crippen molar-refractivity contribution < 1.29 is 4.79 Å². The van der Waals surface area contributed by atoms with Gasteiger partial charge in [0.25, 0.3) is 5.91 Å². The van der Waals surface area contributed by atoms with Gasteiger partial charge in [0.1, 0.15) is 0 Å². The summed E-state index contributed by atoms with van der Waals surface area (Å²) in [5.74, 6) is 1.56. The lowest BCUT2D eigenvalue weighted by molar-refractivity contribution is 0.0704. The number of H-pyrrole nitrogens is 1. The predicted molar refractivity (Wildman–Crippen MR) is 114 cm³/mol. The molecule has 5 rings (SSSR count). The van der Waals surface area contributed by atoms with Gasteiger partial charge in [-0.3, -0.25) is 14.8 Å². The first-order valence-corrected chi connectivity index (χ1v) is 11.2. The molecule has 2 aromatic rings. The van der Waals surface area contributed by atoms with Gasteiger partial charge in [-0.05, 0) is 68.1 Å². The number of carbonyl (C=O) groups excluding carboxylic acids is 1. The van der Waals surface area contributed by atoms with E-state index >= 15 is 0 Å². The van der Waals surface area contributed by atoms with E-state index in [-0.39, 0.29) is 5.91 Å². The molecule has 0 spiro atoms. The molecule has 3 aliphatic rings. The van der Waals surface area contributed by atoms with Gasteiger partial charge in [-0.1, -0.05) is 18.2 Å². The van der Waals surface area contributed by atoms with E-state index in [1.165, 1.54) is 41.8 Å². The van der Waals surface area contributed by atoms with Gasteiger partial charge in [-0.15, -0.1) is 0 Å². The first-order chi connectivity index (χ1) is 14.1. The molecule has 0 bridgehead atoms. The molecule has 2 aliphatic heterocycles. The van der Waals surface area contributed by atoms with Crippen LogP contribution in [0.1, 0.15) is 70.0 Å². The number of carbonyl (C=O) groups is 1. The molecule has 3 heterocycles. The minimum Gasteiger partial charge on any atom is -0.337 e. The Kier molecular flexibility index (Phi) is 4.94. The maximum absolute atomic E-state index is 13.3. The van der Waals surface area contributed by atoms with Crippen molar-refractivity contribution in [2.75, 3.05) is 26.2 Å². The molecule has 0 radical (unpaired) electrons. The topological polar surface area (TPSA) is 52.2 Å². The first kappa shape index (κ1) is 18.9. The average Bonchev–Trinajstić information content (AvgIpc) is 3.45. The fraction of sp³-hybridized carbons (Fsp3) is 0.583. The van der Waals surface area contributed by atoms with Crippen LogP contribution in [-0.4, -0.2) is 52.1 Å². The molecule has 1 saturated carbocycles. The Bertz CT molecular complexity index is 906. The van der Waals surface area contributed by atoms with E-state index in [1.54, 1.807) is 0 Å². The number of fused-ring (bicyclic) bond motifs is 1. The summed E-state index contributed by atoms with van der Waals surface area (Å²) in [4.78, 5) is 17.8. The van der Waals surface area contributed by atoms with Gasteiger partial charge < -0.3 is 4.90 Å². The molecule has 154 valence electrons. The normalized spacial score (nSPS) is 20.7. The van der Waals surface area contributed by atoms with Crippen molar-refractivity contribution in [3.05, 3.63) is 51.8 Å². The number of nitrogens with zero attached hydrogens (tertiary/aromatic N) is 3. The van der Waals surface area contributed by atoms with E-state index in [4.69, 9.17) is 0 Å². The quantitative estimate of drug-likeness (QED) is 0.861. The fourth-order valence-electron chi connectivity index (χ4n) is 5.11. The smallest absolute Gasteiger partial charge is 0.274 e. The number of benzene rings is 1. The van der Waals surface area contributed by atoms with Gasteiger partial charge in [-0.2, -0.15) is 5.10 Å². The van der Waals surface area contributed by atoms with E-state index in [9.17, 15) is 4.79 Å². The summed E-state index contributed by atoms with van der Waals surface area (Å²) >= 11 is 0. The zero-order chi connectivity index (χ0) is 20.0. The van der Waals surface area contributed by atoms with E-state index in [1.807, 2.05) is 4.90 Å². The molecule has 0 unspecified atom stereocenters. The van der Waals surface area contributed by atoms with Gasteiger partial charge in [0.05, 0.1) is 0 Å². The van der Waals surface area contributed by atoms with E-state index in [2.05, 4.69) is 47.1 Å². The molecule has 5 nitrogen and oxygen atoms in total. The third-order valence-electron chi connectivity index (χ3n) is 7.30. The number of nitrogens with one attached hydrogen (secondary N) is 1. The number of aromatic amines is 1. The van der Waals surface area contributed by atoms with Crippen LogP contribution in [0.4, 0.5) is 0 Å². The molecule has 0 atom stereocenters. The van der Waals surface area contributed by atoms with Crippen LogP contribution in [0.2, 0.25) is 0 Å². The lowest BCUT2D eigenvalue weighted by atomic mass is 9.85. The molecular formula is C24H32N4O. The standard InChI is InChI=1S/C24H32N4O/c1-16-4-3-5-20(17(16)2)19-8-12-28(13-9-19)24(29)23-21-15-27(14-18-6-7-18)11-10-22(21)25-26-23/h3-5,18-19H,6-15H2,1-2H3,(H,25,26). The number of likely N-dealkylation sites (tertiary alicyclic amines) is 1. The second-order valence-electron chi connectivity index (χ2n) is 9.31. The Hall–Kier alpha value is -2.14. The molecule has 1 amide bonds. The number of aromatic nitrogens is 2. The summed E-state index contributed by atoms with van der Waals surface area (Å²) in [5, 5.41) is 7.62. The fourth-order valence-corrected chi connectivity index (χ4v) is 5.11. The minimum atomic E-state index is 0.121. The molecule has 1 N–H and O–H groups in total.